The van der Waals surface area contributed by atoms with Gasteiger partial charge in [0.15, 0.2) is 0 Å². The monoisotopic (exact) mass is 264 g/mol. The van der Waals surface area contributed by atoms with Crippen LogP contribution in [0.1, 0.15) is 25.0 Å². The van der Waals surface area contributed by atoms with Gasteiger partial charge in [0.1, 0.15) is 6.54 Å². The van der Waals surface area contributed by atoms with Crippen LogP contribution in [0.2, 0.25) is 0 Å². The maximum atomic E-state index is 12.0. The Hall–Kier alpha value is -2.04. The van der Waals surface area contributed by atoms with Gasteiger partial charge in [0.25, 0.3) is 0 Å². The summed E-state index contributed by atoms with van der Waals surface area (Å²) in [6.45, 7) is 7.20. The molecular formula is C14H20N2O3. The largest absolute Gasteiger partial charge is 0.480 e. The predicted molar refractivity (Wildman–Crippen MR) is 74.4 cm³/mol. The molecule has 0 heterocycles. The van der Waals surface area contributed by atoms with Gasteiger partial charge in [-0.25, -0.2) is 4.79 Å². The summed E-state index contributed by atoms with van der Waals surface area (Å²) < 4.78 is 0. The summed E-state index contributed by atoms with van der Waals surface area (Å²) >= 11 is 0. The van der Waals surface area contributed by atoms with E-state index >= 15 is 0 Å². The van der Waals surface area contributed by atoms with Gasteiger partial charge in [-0.05, 0) is 51.0 Å². The van der Waals surface area contributed by atoms with Crippen LogP contribution < -0.4 is 5.32 Å². The number of urea groups is 1. The lowest BCUT2D eigenvalue weighted by Crippen LogP contribution is -2.43. The third-order valence-corrected chi connectivity index (χ3v) is 2.95. The molecule has 0 aliphatic heterocycles. The van der Waals surface area contributed by atoms with Crippen LogP contribution in [0.25, 0.3) is 0 Å². The second-order valence-electron chi connectivity index (χ2n) is 4.84. The van der Waals surface area contributed by atoms with E-state index in [-0.39, 0.29) is 12.6 Å². The zero-order valence-corrected chi connectivity index (χ0v) is 11.7. The maximum Gasteiger partial charge on any atom is 0.323 e. The molecule has 19 heavy (non-hydrogen) atoms. The van der Waals surface area contributed by atoms with Crippen LogP contribution in [0, 0.1) is 13.8 Å². The Morgan fingerprint density at radius 1 is 1.26 bits per heavy atom. The molecule has 0 saturated carbocycles. The van der Waals surface area contributed by atoms with Crippen molar-refractivity contribution in [3.05, 3.63) is 29.3 Å². The van der Waals surface area contributed by atoms with Gasteiger partial charge < -0.3 is 15.3 Å². The summed E-state index contributed by atoms with van der Waals surface area (Å²) in [5, 5.41) is 11.5. The van der Waals surface area contributed by atoms with Crippen molar-refractivity contribution < 1.29 is 14.7 Å². The molecule has 5 heteroatoms. The first-order valence-corrected chi connectivity index (χ1v) is 6.18. The van der Waals surface area contributed by atoms with E-state index in [4.69, 9.17) is 5.11 Å². The van der Waals surface area contributed by atoms with Crippen molar-refractivity contribution in [3.8, 4) is 0 Å². The van der Waals surface area contributed by atoms with Crippen molar-refractivity contribution in [1.82, 2.24) is 4.90 Å². The Morgan fingerprint density at radius 2 is 1.89 bits per heavy atom. The Kier molecular flexibility index (Phi) is 4.92. The molecule has 1 rings (SSSR count). The van der Waals surface area contributed by atoms with Crippen molar-refractivity contribution in [2.75, 3.05) is 11.9 Å². The number of anilines is 1. The van der Waals surface area contributed by atoms with Crippen LogP contribution in [0.5, 0.6) is 0 Å². The number of carbonyl (C=O) groups excluding carboxylic acids is 1. The van der Waals surface area contributed by atoms with Crippen molar-refractivity contribution in [2.24, 2.45) is 0 Å². The van der Waals surface area contributed by atoms with Gasteiger partial charge in [-0.2, -0.15) is 0 Å². The Bertz CT molecular complexity index is 484. The number of aryl methyl sites for hydroxylation is 2. The number of benzene rings is 1. The Labute approximate surface area is 113 Å². The number of hydrogen-bond acceptors (Lipinski definition) is 2. The number of rotatable bonds is 4. The van der Waals surface area contributed by atoms with Crippen LogP contribution in [-0.4, -0.2) is 34.6 Å². The standard InChI is InChI=1S/C14H20N2O3/c1-9(2)16(8-13(17)18)14(19)15-12-6-5-10(3)11(4)7-12/h5-7,9H,8H2,1-4H3,(H,15,19)(H,17,18). The number of carbonyl (C=O) groups is 2. The molecule has 5 nitrogen and oxygen atoms in total. The molecule has 0 aliphatic carbocycles. The third-order valence-electron chi connectivity index (χ3n) is 2.95. The molecule has 104 valence electrons. The van der Waals surface area contributed by atoms with Crippen molar-refractivity contribution >= 4 is 17.7 Å². The first-order chi connectivity index (χ1) is 8.81. The summed E-state index contributed by atoms with van der Waals surface area (Å²) in [7, 11) is 0. The van der Waals surface area contributed by atoms with Gasteiger partial charge in [0.05, 0.1) is 0 Å². The number of hydrogen-bond donors (Lipinski definition) is 2. The van der Waals surface area contributed by atoms with Gasteiger partial charge >= 0.3 is 12.0 Å². The normalized spacial score (nSPS) is 10.4. The van der Waals surface area contributed by atoms with E-state index in [1.165, 1.54) is 4.90 Å². The average Bonchev–Trinajstić information content (AvgIpc) is 2.30. The zero-order chi connectivity index (χ0) is 14.6. The molecule has 0 saturated heterocycles. The minimum Gasteiger partial charge on any atom is -0.480 e. The van der Waals surface area contributed by atoms with Crippen molar-refractivity contribution in [3.63, 3.8) is 0 Å². The van der Waals surface area contributed by atoms with E-state index in [1.54, 1.807) is 19.9 Å². The summed E-state index contributed by atoms with van der Waals surface area (Å²) in [5.74, 6) is -1.02. The Morgan fingerprint density at radius 3 is 2.37 bits per heavy atom. The predicted octanol–water partition coefficient (Wildman–Crippen LogP) is 2.63. The van der Waals surface area contributed by atoms with E-state index in [1.807, 2.05) is 26.0 Å². The average molecular weight is 264 g/mol. The molecule has 0 unspecified atom stereocenters. The topological polar surface area (TPSA) is 69.6 Å². The van der Waals surface area contributed by atoms with E-state index < -0.39 is 12.0 Å². The summed E-state index contributed by atoms with van der Waals surface area (Å²) in [6, 6.07) is 5.01. The molecular weight excluding hydrogens is 244 g/mol. The molecule has 1 aromatic carbocycles. The van der Waals surface area contributed by atoms with Crippen LogP contribution in [0.15, 0.2) is 18.2 Å². The summed E-state index contributed by atoms with van der Waals surface area (Å²) in [5.41, 5.74) is 2.89. The minimum absolute atomic E-state index is 0.178. The third kappa shape index (κ3) is 4.28. The molecule has 0 fully saturated rings. The molecule has 0 atom stereocenters. The van der Waals surface area contributed by atoms with Gasteiger partial charge in [-0.1, -0.05) is 6.07 Å². The number of carboxylic acids is 1. The fraction of sp³-hybridized carbons (Fsp3) is 0.429. The minimum atomic E-state index is -1.02. The second-order valence-corrected chi connectivity index (χ2v) is 4.84. The maximum absolute atomic E-state index is 12.0. The fourth-order valence-electron chi connectivity index (χ4n) is 1.65. The van der Waals surface area contributed by atoms with Crippen molar-refractivity contribution in [1.29, 1.82) is 0 Å². The highest BCUT2D eigenvalue weighted by Gasteiger charge is 2.19. The van der Waals surface area contributed by atoms with Crippen LogP contribution >= 0.6 is 0 Å². The summed E-state index contributed by atoms with van der Waals surface area (Å²) in [4.78, 5) is 24.1. The molecule has 1 aromatic rings. The quantitative estimate of drug-likeness (QED) is 0.878. The SMILES string of the molecule is Cc1ccc(NC(=O)N(CC(=O)O)C(C)C)cc1C. The lowest BCUT2D eigenvalue weighted by Gasteiger charge is -2.25. The Balaban J connectivity index is 2.81. The van der Waals surface area contributed by atoms with Crippen LogP contribution in [-0.2, 0) is 4.79 Å². The molecule has 0 bridgehead atoms. The lowest BCUT2D eigenvalue weighted by molar-refractivity contribution is -0.137. The molecule has 2 N–H and O–H groups in total. The van der Waals surface area contributed by atoms with Gasteiger partial charge in [0.2, 0.25) is 0 Å². The van der Waals surface area contributed by atoms with E-state index in [9.17, 15) is 9.59 Å². The number of nitrogens with one attached hydrogen (secondary N) is 1. The number of aliphatic carboxylic acids is 1. The van der Waals surface area contributed by atoms with Gasteiger partial charge in [-0.3, -0.25) is 4.79 Å². The first-order valence-electron chi connectivity index (χ1n) is 6.18. The molecule has 0 radical (unpaired) electrons. The molecule has 0 aliphatic rings. The second kappa shape index (κ2) is 6.22. The number of amides is 2. The molecule has 2 amide bonds. The van der Waals surface area contributed by atoms with Crippen molar-refractivity contribution in [2.45, 2.75) is 33.7 Å². The smallest absolute Gasteiger partial charge is 0.323 e. The molecule has 0 spiro atoms. The van der Waals surface area contributed by atoms with E-state index in [0.717, 1.165) is 11.1 Å². The highest BCUT2D eigenvalue weighted by molar-refractivity contribution is 5.91. The number of carboxylic acid groups (broad SMARTS) is 1. The van der Waals surface area contributed by atoms with Gasteiger partial charge in [-0.15, -0.1) is 0 Å². The van der Waals surface area contributed by atoms with Crippen LogP contribution in [0.4, 0.5) is 10.5 Å². The van der Waals surface area contributed by atoms with E-state index in [2.05, 4.69) is 5.32 Å². The van der Waals surface area contributed by atoms with E-state index in [0.29, 0.717) is 5.69 Å². The fourth-order valence-corrected chi connectivity index (χ4v) is 1.65. The summed E-state index contributed by atoms with van der Waals surface area (Å²) in [6.07, 6.45) is 0. The highest BCUT2D eigenvalue weighted by Crippen LogP contribution is 2.15. The number of nitrogens with zero attached hydrogens (tertiary/aromatic N) is 1. The molecule has 0 aromatic heterocycles. The van der Waals surface area contributed by atoms with Gasteiger partial charge in [0, 0.05) is 11.7 Å². The zero-order valence-electron chi connectivity index (χ0n) is 11.7. The highest BCUT2D eigenvalue weighted by atomic mass is 16.4. The van der Waals surface area contributed by atoms with Crippen LogP contribution in [0.3, 0.4) is 0 Å². The lowest BCUT2D eigenvalue weighted by atomic mass is 10.1. The first kappa shape index (κ1) is 15.0.